The first kappa shape index (κ1) is 16.2. The molecule has 0 bridgehead atoms. The molecule has 0 aliphatic carbocycles. The average molecular weight is 325 g/mol. The van der Waals surface area contributed by atoms with Gasteiger partial charge in [-0.15, -0.1) is 0 Å². The van der Waals surface area contributed by atoms with Gasteiger partial charge in [-0.25, -0.2) is 4.39 Å². The second kappa shape index (κ2) is 6.87. The number of hydrogen-bond acceptors (Lipinski definition) is 2. The number of rotatable bonds is 5. The summed E-state index contributed by atoms with van der Waals surface area (Å²) < 4.78 is 18.5. The van der Waals surface area contributed by atoms with Crippen LogP contribution in [0, 0.1) is 5.82 Å². The average Bonchev–Trinajstić information content (AvgIpc) is 2.97. The van der Waals surface area contributed by atoms with Crippen molar-refractivity contribution >= 4 is 16.9 Å². The van der Waals surface area contributed by atoms with E-state index in [0.717, 1.165) is 28.5 Å². The number of carbonyl (C=O) groups is 1. The Morgan fingerprint density at radius 3 is 2.67 bits per heavy atom. The third kappa shape index (κ3) is 3.48. The Hall–Kier alpha value is -2.62. The van der Waals surface area contributed by atoms with E-state index >= 15 is 0 Å². The molecule has 0 aliphatic rings. The minimum Gasteiger partial charge on any atom is -0.464 e. The van der Waals surface area contributed by atoms with Gasteiger partial charge in [0.15, 0.2) is 0 Å². The van der Waals surface area contributed by atoms with Crippen LogP contribution >= 0.6 is 0 Å². The van der Waals surface area contributed by atoms with E-state index in [-0.39, 0.29) is 24.2 Å². The van der Waals surface area contributed by atoms with E-state index in [0.29, 0.717) is 0 Å². The van der Waals surface area contributed by atoms with E-state index in [1.165, 1.54) is 17.7 Å². The highest BCUT2D eigenvalue weighted by Crippen LogP contribution is 2.23. The predicted molar refractivity (Wildman–Crippen MR) is 92.3 cm³/mol. The normalized spacial score (nSPS) is 12.3. The van der Waals surface area contributed by atoms with Crippen molar-refractivity contribution in [3.05, 3.63) is 71.2 Å². The zero-order valence-corrected chi connectivity index (χ0v) is 13.8. The van der Waals surface area contributed by atoms with Gasteiger partial charge in [0, 0.05) is 10.9 Å². The fourth-order valence-corrected chi connectivity index (χ4v) is 2.78. The molecule has 3 nitrogen and oxygen atoms in total. The topological polar surface area (TPSA) is 42.2 Å². The zero-order chi connectivity index (χ0) is 17.1. The highest BCUT2D eigenvalue weighted by atomic mass is 19.1. The molecule has 0 unspecified atom stereocenters. The van der Waals surface area contributed by atoms with Crippen molar-refractivity contribution in [3.63, 3.8) is 0 Å². The molecular weight excluding hydrogens is 305 g/mol. The minimum absolute atomic E-state index is 0.0888. The Morgan fingerprint density at radius 2 is 1.96 bits per heavy atom. The summed E-state index contributed by atoms with van der Waals surface area (Å²) in [5, 5.41) is 3.91. The SMILES string of the molecule is CCc1ccc2c(CC(=O)N[C@@H](C)c3ccc(F)cc3)coc2c1. The van der Waals surface area contributed by atoms with Crippen molar-refractivity contribution in [1.82, 2.24) is 5.32 Å². The fourth-order valence-electron chi connectivity index (χ4n) is 2.78. The van der Waals surface area contributed by atoms with Crippen LogP contribution < -0.4 is 5.32 Å². The van der Waals surface area contributed by atoms with E-state index in [2.05, 4.69) is 18.3 Å². The molecule has 2 aromatic carbocycles. The van der Waals surface area contributed by atoms with Crippen LogP contribution in [-0.4, -0.2) is 5.91 Å². The Bertz CT molecular complexity index is 852. The van der Waals surface area contributed by atoms with Gasteiger partial charge in [-0.1, -0.05) is 31.2 Å². The van der Waals surface area contributed by atoms with Gasteiger partial charge in [-0.2, -0.15) is 0 Å². The number of hydrogen-bond donors (Lipinski definition) is 1. The molecule has 1 N–H and O–H groups in total. The van der Waals surface area contributed by atoms with Gasteiger partial charge < -0.3 is 9.73 Å². The maximum Gasteiger partial charge on any atom is 0.225 e. The monoisotopic (exact) mass is 325 g/mol. The molecule has 24 heavy (non-hydrogen) atoms. The van der Waals surface area contributed by atoms with Gasteiger partial charge in [0.25, 0.3) is 0 Å². The first-order chi connectivity index (χ1) is 11.6. The molecule has 3 aromatic rings. The summed E-state index contributed by atoms with van der Waals surface area (Å²) in [5.41, 5.74) is 3.76. The van der Waals surface area contributed by atoms with Crippen molar-refractivity contribution in [2.75, 3.05) is 0 Å². The maximum absolute atomic E-state index is 13.0. The van der Waals surface area contributed by atoms with E-state index in [1.54, 1.807) is 18.4 Å². The molecule has 3 rings (SSSR count). The van der Waals surface area contributed by atoms with Gasteiger partial charge in [0.05, 0.1) is 18.7 Å². The molecule has 1 atom stereocenters. The lowest BCUT2D eigenvalue weighted by Gasteiger charge is -2.14. The molecule has 1 amide bonds. The number of carbonyl (C=O) groups excluding carboxylic acids is 1. The minimum atomic E-state index is -0.284. The van der Waals surface area contributed by atoms with E-state index in [1.807, 2.05) is 19.1 Å². The molecule has 1 heterocycles. The quantitative estimate of drug-likeness (QED) is 0.747. The van der Waals surface area contributed by atoms with Crippen LogP contribution in [0.15, 0.2) is 53.1 Å². The van der Waals surface area contributed by atoms with E-state index < -0.39 is 0 Å². The van der Waals surface area contributed by atoms with Gasteiger partial charge in [-0.05, 0) is 42.7 Å². The van der Waals surface area contributed by atoms with Crippen molar-refractivity contribution in [3.8, 4) is 0 Å². The first-order valence-electron chi connectivity index (χ1n) is 8.10. The largest absolute Gasteiger partial charge is 0.464 e. The Morgan fingerprint density at radius 1 is 1.21 bits per heavy atom. The molecule has 4 heteroatoms. The molecule has 0 saturated carbocycles. The molecule has 0 saturated heterocycles. The van der Waals surface area contributed by atoms with Crippen LogP contribution in [0.1, 0.15) is 36.6 Å². The summed E-state index contributed by atoms with van der Waals surface area (Å²) in [6.45, 7) is 3.97. The maximum atomic E-state index is 13.0. The third-order valence-electron chi connectivity index (χ3n) is 4.23. The number of aryl methyl sites for hydroxylation is 1. The number of amides is 1. The Kier molecular flexibility index (Phi) is 4.65. The number of nitrogens with one attached hydrogen (secondary N) is 1. The predicted octanol–water partition coefficient (Wildman–Crippen LogP) is 4.55. The molecule has 1 aromatic heterocycles. The number of fused-ring (bicyclic) bond motifs is 1. The van der Waals surface area contributed by atoms with Gasteiger partial charge in [-0.3, -0.25) is 4.79 Å². The number of halogens is 1. The first-order valence-corrected chi connectivity index (χ1v) is 8.10. The van der Waals surface area contributed by atoms with Crippen molar-refractivity contribution < 1.29 is 13.6 Å². The van der Waals surface area contributed by atoms with Gasteiger partial charge >= 0.3 is 0 Å². The number of furan rings is 1. The van der Waals surface area contributed by atoms with Crippen LogP contribution in [0.3, 0.4) is 0 Å². The molecular formula is C20H20FNO2. The van der Waals surface area contributed by atoms with Crippen LogP contribution in [0.4, 0.5) is 4.39 Å². The lowest BCUT2D eigenvalue weighted by Crippen LogP contribution is -2.28. The summed E-state index contributed by atoms with van der Waals surface area (Å²) in [6, 6.07) is 12.0. The van der Waals surface area contributed by atoms with Crippen LogP contribution in [0.25, 0.3) is 11.0 Å². The number of benzene rings is 2. The van der Waals surface area contributed by atoms with Crippen LogP contribution in [0.5, 0.6) is 0 Å². The van der Waals surface area contributed by atoms with Crippen LogP contribution in [-0.2, 0) is 17.6 Å². The van der Waals surface area contributed by atoms with E-state index in [4.69, 9.17) is 4.42 Å². The Balaban J connectivity index is 1.69. The lowest BCUT2D eigenvalue weighted by molar-refractivity contribution is -0.121. The second-order valence-corrected chi connectivity index (χ2v) is 5.96. The zero-order valence-electron chi connectivity index (χ0n) is 13.8. The summed E-state index contributed by atoms with van der Waals surface area (Å²) in [4.78, 5) is 12.3. The molecule has 0 radical (unpaired) electrons. The van der Waals surface area contributed by atoms with E-state index in [9.17, 15) is 9.18 Å². The third-order valence-corrected chi connectivity index (χ3v) is 4.23. The molecule has 0 fully saturated rings. The highest BCUT2D eigenvalue weighted by Gasteiger charge is 2.14. The van der Waals surface area contributed by atoms with Crippen molar-refractivity contribution in [2.24, 2.45) is 0 Å². The lowest BCUT2D eigenvalue weighted by atomic mass is 10.1. The van der Waals surface area contributed by atoms with Gasteiger partial charge in [0.1, 0.15) is 11.4 Å². The molecule has 0 spiro atoms. The highest BCUT2D eigenvalue weighted by molar-refractivity contribution is 5.88. The molecule has 0 aliphatic heterocycles. The smallest absolute Gasteiger partial charge is 0.225 e. The summed E-state index contributed by atoms with van der Waals surface area (Å²) in [7, 11) is 0. The van der Waals surface area contributed by atoms with Crippen molar-refractivity contribution in [1.29, 1.82) is 0 Å². The standard InChI is InChI=1S/C20H20FNO2/c1-3-14-4-9-18-16(12-24-19(18)10-14)11-20(23)22-13(2)15-5-7-17(21)8-6-15/h4-10,12-13H,3,11H2,1-2H3,(H,22,23)/t13-/m0/s1. The molecule has 124 valence electrons. The van der Waals surface area contributed by atoms with Crippen LogP contribution in [0.2, 0.25) is 0 Å². The van der Waals surface area contributed by atoms with Crippen molar-refractivity contribution in [2.45, 2.75) is 32.7 Å². The summed E-state index contributed by atoms with van der Waals surface area (Å²) in [6.07, 6.45) is 2.85. The Labute approximate surface area is 140 Å². The summed E-state index contributed by atoms with van der Waals surface area (Å²) >= 11 is 0. The summed E-state index contributed by atoms with van der Waals surface area (Å²) in [5.74, 6) is -0.373. The fraction of sp³-hybridized carbons (Fsp3) is 0.250. The van der Waals surface area contributed by atoms with Gasteiger partial charge in [0.2, 0.25) is 5.91 Å². The second-order valence-electron chi connectivity index (χ2n) is 5.96.